The van der Waals surface area contributed by atoms with Gasteiger partial charge in [-0.2, -0.15) is 0 Å². The number of nitrogens with zero attached hydrogens (tertiary/aromatic N) is 1. The van der Waals surface area contributed by atoms with E-state index in [1.807, 2.05) is 18.7 Å². The third-order valence-corrected chi connectivity index (χ3v) is 3.11. The van der Waals surface area contributed by atoms with Crippen LogP contribution in [0.2, 0.25) is 0 Å². The van der Waals surface area contributed by atoms with E-state index in [9.17, 15) is 4.79 Å². The highest BCUT2D eigenvalue weighted by atomic mass is 16.2. The van der Waals surface area contributed by atoms with Gasteiger partial charge in [0.2, 0.25) is 5.91 Å². The molecule has 2 heteroatoms. The van der Waals surface area contributed by atoms with E-state index < -0.39 is 0 Å². The minimum atomic E-state index is 0.0781. The number of hydrogen-bond acceptors (Lipinski definition) is 1. The molecule has 0 radical (unpaired) electrons. The molecule has 0 aliphatic carbocycles. The predicted molar refractivity (Wildman–Crippen MR) is 73.6 cm³/mol. The summed E-state index contributed by atoms with van der Waals surface area (Å²) in [5.74, 6) is 0.132. The number of rotatable bonds is 0. The number of carbonyl (C=O) groups is 1. The molecule has 0 atom stereocenters. The van der Waals surface area contributed by atoms with E-state index in [1.165, 1.54) is 11.1 Å². The zero-order valence-corrected chi connectivity index (χ0v) is 11.8. The van der Waals surface area contributed by atoms with Crippen LogP contribution in [0.1, 0.15) is 45.7 Å². The van der Waals surface area contributed by atoms with Crippen LogP contribution in [0, 0.1) is 6.92 Å². The van der Waals surface area contributed by atoms with Crippen LogP contribution in [-0.4, -0.2) is 12.5 Å². The maximum absolute atomic E-state index is 11.5. The minimum absolute atomic E-state index is 0.0781. The van der Waals surface area contributed by atoms with Crippen LogP contribution < -0.4 is 4.90 Å². The molecule has 2 rings (SSSR count). The van der Waals surface area contributed by atoms with Crippen LogP contribution in [0.25, 0.3) is 0 Å². The van der Waals surface area contributed by atoms with Gasteiger partial charge in [-0.25, -0.2) is 0 Å². The third kappa shape index (κ3) is 2.51. The average Bonchev–Trinajstić information content (AvgIpc) is 2.53. The second kappa shape index (κ2) is 4.91. The Bertz CT molecular complexity index is 421. The Morgan fingerprint density at radius 2 is 1.88 bits per heavy atom. The Labute approximate surface area is 105 Å². The standard InChI is InChI=1S/C13H17NO.C2H6/c1-9-5-6-11-12(7-9)14(10(2)15)8-13(11,3)4;1-2/h5-7H,8H2,1-4H3;1-2H3. The molecule has 0 fully saturated rings. The molecular formula is C15H23NO. The Hall–Kier alpha value is -1.31. The second-order valence-electron chi connectivity index (χ2n) is 5.01. The minimum Gasteiger partial charge on any atom is -0.311 e. The molecule has 1 aliphatic heterocycles. The van der Waals surface area contributed by atoms with Gasteiger partial charge >= 0.3 is 0 Å². The number of amides is 1. The number of benzene rings is 1. The van der Waals surface area contributed by atoms with E-state index in [0.29, 0.717) is 0 Å². The van der Waals surface area contributed by atoms with Gasteiger partial charge < -0.3 is 4.90 Å². The maximum atomic E-state index is 11.5. The maximum Gasteiger partial charge on any atom is 0.223 e. The molecule has 1 aliphatic rings. The van der Waals surface area contributed by atoms with Crippen molar-refractivity contribution in [2.24, 2.45) is 0 Å². The molecule has 0 saturated carbocycles. The van der Waals surface area contributed by atoms with Crippen LogP contribution in [0.15, 0.2) is 18.2 Å². The zero-order valence-electron chi connectivity index (χ0n) is 11.8. The van der Waals surface area contributed by atoms with Gasteiger partial charge in [0.05, 0.1) is 0 Å². The van der Waals surface area contributed by atoms with Gasteiger partial charge in [-0.3, -0.25) is 4.79 Å². The van der Waals surface area contributed by atoms with Crippen LogP contribution in [0.3, 0.4) is 0 Å². The first-order valence-electron chi connectivity index (χ1n) is 6.31. The Morgan fingerprint density at radius 1 is 1.29 bits per heavy atom. The van der Waals surface area contributed by atoms with Gasteiger partial charge in [-0.15, -0.1) is 0 Å². The van der Waals surface area contributed by atoms with Crippen molar-refractivity contribution in [3.8, 4) is 0 Å². The van der Waals surface area contributed by atoms with Crippen molar-refractivity contribution in [3.05, 3.63) is 29.3 Å². The van der Waals surface area contributed by atoms with Gasteiger partial charge in [-0.05, 0) is 24.1 Å². The fourth-order valence-corrected chi connectivity index (χ4v) is 2.28. The molecule has 0 bridgehead atoms. The zero-order chi connectivity index (χ0) is 13.2. The van der Waals surface area contributed by atoms with Gasteiger partial charge in [0.1, 0.15) is 0 Å². The molecule has 1 aromatic rings. The molecule has 0 aromatic heterocycles. The molecule has 0 N–H and O–H groups in total. The lowest BCUT2D eigenvalue weighted by atomic mass is 9.87. The topological polar surface area (TPSA) is 20.3 Å². The predicted octanol–water partition coefficient (Wildman–Crippen LogP) is 3.67. The Kier molecular flexibility index (Phi) is 3.97. The van der Waals surface area contributed by atoms with Gasteiger partial charge in [0.15, 0.2) is 0 Å². The van der Waals surface area contributed by atoms with Crippen LogP contribution in [-0.2, 0) is 10.2 Å². The van der Waals surface area contributed by atoms with Crippen LogP contribution >= 0.6 is 0 Å². The van der Waals surface area contributed by atoms with E-state index in [2.05, 4.69) is 39.0 Å². The summed E-state index contributed by atoms with van der Waals surface area (Å²) in [5.41, 5.74) is 3.66. The summed E-state index contributed by atoms with van der Waals surface area (Å²) < 4.78 is 0. The molecule has 1 aromatic carbocycles. The van der Waals surface area contributed by atoms with Crippen LogP contribution in [0.5, 0.6) is 0 Å². The van der Waals surface area contributed by atoms with Gasteiger partial charge in [0, 0.05) is 24.6 Å². The summed E-state index contributed by atoms with van der Waals surface area (Å²) in [6, 6.07) is 6.36. The summed E-state index contributed by atoms with van der Waals surface area (Å²) in [6.07, 6.45) is 0. The highest BCUT2D eigenvalue weighted by Crippen LogP contribution is 2.40. The fourth-order valence-electron chi connectivity index (χ4n) is 2.28. The van der Waals surface area contributed by atoms with E-state index >= 15 is 0 Å². The first-order valence-corrected chi connectivity index (χ1v) is 6.31. The summed E-state index contributed by atoms with van der Waals surface area (Å²) in [7, 11) is 0. The highest BCUT2D eigenvalue weighted by molar-refractivity contribution is 5.94. The monoisotopic (exact) mass is 233 g/mol. The highest BCUT2D eigenvalue weighted by Gasteiger charge is 2.36. The van der Waals surface area contributed by atoms with Crippen molar-refractivity contribution < 1.29 is 4.79 Å². The molecule has 1 heterocycles. The van der Waals surface area contributed by atoms with E-state index in [1.54, 1.807) is 6.92 Å². The molecule has 0 spiro atoms. The van der Waals surface area contributed by atoms with Crippen molar-refractivity contribution in [2.45, 2.75) is 47.0 Å². The largest absolute Gasteiger partial charge is 0.311 e. The van der Waals surface area contributed by atoms with Crippen molar-refractivity contribution in [2.75, 3.05) is 11.4 Å². The first-order chi connectivity index (χ1) is 7.92. The normalized spacial score (nSPS) is 16.0. The number of aryl methyl sites for hydroxylation is 1. The molecule has 2 nitrogen and oxygen atoms in total. The van der Waals surface area contributed by atoms with Crippen molar-refractivity contribution in [1.82, 2.24) is 0 Å². The lowest BCUT2D eigenvalue weighted by molar-refractivity contribution is -0.116. The van der Waals surface area contributed by atoms with Crippen molar-refractivity contribution >= 4 is 11.6 Å². The first kappa shape index (κ1) is 13.8. The number of fused-ring (bicyclic) bond motifs is 1. The van der Waals surface area contributed by atoms with E-state index in [-0.39, 0.29) is 11.3 Å². The van der Waals surface area contributed by atoms with E-state index in [0.717, 1.165) is 12.2 Å². The quantitative estimate of drug-likeness (QED) is 0.669. The molecular weight excluding hydrogens is 210 g/mol. The number of carbonyl (C=O) groups excluding carboxylic acids is 1. The average molecular weight is 233 g/mol. The molecule has 0 unspecified atom stereocenters. The molecule has 1 amide bonds. The smallest absolute Gasteiger partial charge is 0.223 e. The number of anilines is 1. The Morgan fingerprint density at radius 3 is 2.41 bits per heavy atom. The summed E-state index contributed by atoms with van der Waals surface area (Å²) >= 11 is 0. The SMILES string of the molecule is CC.CC(=O)N1CC(C)(C)c2ccc(C)cc21. The van der Waals surface area contributed by atoms with Crippen molar-refractivity contribution in [1.29, 1.82) is 0 Å². The third-order valence-electron chi connectivity index (χ3n) is 3.11. The number of hydrogen-bond donors (Lipinski definition) is 0. The molecule has 17 heavy (non-hydrogen) atoms. The molecule has 94 valence electrons. The summed E-state index contributed by atoms with van der Waals surface area (Å²) in [5, 5.41) is 0. The lowest BCUT2D eigenvalue weighted by Gasteiger charge is -2.19. The summed E-state index contributed by atoms with van der Waals surface area (Å²) in [4.78, 5) is 13.4. The second-order valence-corrected chi connectivity index (χ2v) is 5.01. The van der Waals surface area contributed by atoms with Gasteiger partial charge in [-0.1, -0.05) is 39.8 Å². The van der Waals surface area contributed by atoms with Gasteiger partial charge in [0.25, 0.3) is 0 Å². The lowest BCUT2D eigenvalue weighted by Crippen LogP contribution is -2.31. The van der Waals surface area contributed by atoms with Crippen molar-refractivity contribution in [3.63, 3.8) is 0 Å². The van der Waals surface area contributed by atoms with Crippen LogP contribution in [0.4, 0.5) is 5.69 Å². The fraction of sp³-hybridized carbons (Fsp3) is 0.533. The Balaban J connectivity index is 0.000000686. The van der Waals surface area contributed by atoms with E-state index in [4.69, 9.17) is 0 Å². The summed E-state index contributed by atoms with van der Waals surface area (Å²) in [6.45, 7) is 12.9. The molecule has 0 saturated heterocycles.